The van der Waals surface area contributed by atoms with Crippen molar-refractivity contribution in [3.8, 4) is 0 Å². The molecule has 0 aromatic carbocycles. The number of ketones is 1. The Bertz CT molecular complexity index is 452. The summed E-state index contributed by atoms with van der Waals surface area (Å²) in [5, 5.41) is 8.93. The summed E-state index contributed by atoms with van der Waals surface area (Å²) < 4.78 is 1.82. The minimum atomic E-state index is -0.941. The molecule has 2 rings (SSSR count). The number of imidazole rings is 1. The fraction of sp³-hybridized carbons (Fsp3) is 0.500. The minimum Gasteiger partial charge on any atom is -0.465 e. The molecule has 0 saturated heterocycles. The monoisotopic (exact) mass is 223 g/mol. The average molecular weight is 223 g/mol. The SMILES string of the molecule is CC(=O)c1ncc2n1C(C)CN(C(=O)O)C2. The summed E-state index contributed by atoms with van der Waals surface area (Å²) in [5.74, 6) is 0.314. The molecule has 0 fully saturated rings. The number of carbonyl (C=O) groups is 2. The lowest BCUT2D eigenvalue weighted by molar-refractivity contribution is 0.0988. The number of fused-ring (bicyclic) bond motifs is 1. The van der Waals surface area contributed by atoms with Gasteiger partial charge in [-0.25, -0.2) is 9.78 Å². The van der Waals surface area contributed by atoms with E-state index in [1.54, 1.807) is 6.20 Å². The van der Waals surface area contributed by atoms with Crippen LogP contribution in [0.4, 0.5) is 4.79 Å². The zero-order valence-electron chi connectivity index (χ0n) is 9.17. The molecule has 1 N–H and O–H groups in total. The second kappa shape index (κ2) is 3.62. The van der Waals surface area contributed by atoms with Gasteiger partial charge >= 0.3 is 6.09 Å². The molecule has 1 unspecified atom stereocenters. The Kier molecular flexibility index (Phi) is 2.41. The van der Waals surface area contributed by atoms with Crippen LogP contribution in [0, 0.1) is 0 Å². The van der Waals surface area contributed by atoms with Crippen molar-refractivity contribution in [2.45, 2.75) is 26.4 Å². The number of carbonyl (C=O) groups excluding carboxylic acids is 1. The van der Waals surface area contributed by atoms with Crippen LogP contribution in [-0.4, -0.2) is 38.0 Å². The normalized spacial score (nSPS) is 19.4. The fourth-order valence-corrected chi connectivity index (χ4v) is 2.07. The molecule has 0 saturated carbocycles. The van der Waals surface area contributed by atoms with E-state index in [0.717, 1.165) is 5.69 Å². The highest BCUT2D eigenvalue weighted by atomic mass is 16.4. The van der Waals surface area contributed by atoms with Gasteiger partial charge in [0.1, 0.15) is 0 Å². The van der Waals surface area contributed by atoms with E-state index >= 15 is 0 Å². The molecular formula is C10H13N3O3. The Morgan fingerprint density at radius 1 is 1.56 bits per heavy atom. The third kappa shape index (κ3) is 1.56. The Morgan fingerprint density at radius 2 is 2.25 bits per heavy atom. The van der Waals surface area contributed by atoms with E-state index in [-0.39, 0.29) is 11.8 Å². The topological polar surface area (TPSA) is 75.4 Å². The first-order valence-corrected chi connectivity index (χ1v) is 5.05. The first-order valence-electron chi connectivity index (χ1n) is 5.05. The zero-order valence-corrected chi connectivity index (χ0v) is 9.17. The van der Waals surface area contributed by atoms with Crippen LogP contribution in [0.2, 0.25) is 0 Å². The van der Waals surface area contributed by atoms with Gasteiger partial charge in [-0.05, 0) is 6.92 Å². The number of Topliss-reactive ketones (excluding diaryl/α,β-unsaturated/α-hetero) is 1. The molecule has 0 bridgehead atoms. The largest absolute Gasteiger partial charge is 0.465 e. The molecule has 6 nitrogen and oxygen atoms in total. The standard InChI is InChI=1S/C10H13N3O3/c1-6-4-12(10(15)16)5-8-3-11-9(7(2)14)13(6)8/h3,6H,4-5H2,1-2H3,(H,15,16). The van der Waals surface area contributed by atoms with E-state index < -0.39 is 6.09 Å². The quantitative estimate of drug-likeness (QED) is 0.724. The van der Waals surface area contributed by atoms with Crippen molar-refractivity contribution in [1.82, 2.24) is 14.5 Å². The van der Waals surface area contributed by atoms with Crippen molar-refractivity contribution in [3.63, 3.8) is 0 Å². The first-order chi connectivity index (χ1) is 7.50. The summed E-state index contributed by atoms with van der Waals surface area (Å²) in [4.78, 5) is 27.6. The van der Waals surface area contributed by atoms with Crippen LogP contribution >= 0.6 is 0 Å². The highest BCUT2D eigenvalue weighted by molar-refractivity contribution is 5.90. The number of hydrogen-bond acceptors (Lipinski definition) is 3. The van der Waals surface area contributed by atoms with Gasteiger partial charge in [-0.1, -0.05) is 0 Å². The van der Waals surface area contributed by atoms with Gasteiger partial charge in [0.2, 0.25) is 0 Å². The van der Waals surface area contributed by atoms with Gasteiger partial charge in [0.05, 0.1) is 24.5 Å². The zero-order chi connectivity index (χ0) is 11.9. The second-order valence-corrected chi connectivity index (χ2v) is 4.01. The summed E-state index contributed by atoms with van der Waals surface area (Å²) in [6.07, 6.45) is 0.631. The summed E-state index contributed by atoms with van der Waals surface area (Å²) in [7, 11) is 0. The molecule has 0 radical (unpaired) electrons. The number of rotatable bonds is 1. The van der Waals surface area contributed by atoms with Crippen LogP contribution in [0.25, 0.3) is 0 Å². The molecule has 86 valence electrons. The Labute approximate surface area is 92.5 Å². The third-order valence-corrected chi connectivity index (χ3v) is 2.74. The maximum absolute atomic E-state index is 11.3. The summed E-state index contributed by atoms with van der Waals surface area (Å²) in [6, 6.07) is -0.0544. The average Bonchev–Trinajstić information content (AvgIpc) is 2.61. The smallest absolute Gasteiger partial charge is 0.407 e. The van der Waals surface area contributed by atoms with Crippen molar-refractivity contribution >= 4 is 11.9 Å². The van der Waals surface area contributed by atoms with Crippen LogP contribution in [-0.2, 0) is 6.54 Å². The Morgan fingerprint density at radius 3 is 2.81 bits per heavy atom. The first kappa shape index (κ1) is 10.7. The maximum atomic E-state index is 11.3. The number of nitrogens with zero attached hydrogens (tertiary/aromatic N) is 3. The number of carboxylic acid groups (broad SMARTS) is 1. The van der Waals surface area contributed by atoms with E-state index in [1.165, 1.54) is 11.8 Å². The summed E-state index contributed by atoms with van der Waals surface area (Å²) in [6.45, 7) is 4.03. The van der Waals surface area contributed by atoms with E-state index in [2.05, 4.69) is 4.98 Å². The lowest BCUT2D eigenvalue weighted by Crippen LogP contribution is -2.39. The molecule has 1 aliphatic heterocycles. The van der Waals surface area contributed by atoms with Gasteiger partial charge in [0.25, 0.3) is 0 Å². The lowest BCUT2D eigenvalue weighted by Gasteiger charge is -2.31. The molecule has 16 heavy (non-hydrogen) atoms. The maximum Gasteiger partial charge on any atom is 0.407 e. The second-order valence-electron chi connectivity index (χ2n) is 4.01. The van der Waals surface area contributed by atoms with E-state index in [4.69, 9.17) is 5.11 Å². The van der Waals surface area contributed by atoms with Gasteiger partial charge in [0, 0.05) is 13.5 Å². The van der Waals surface area contributed by atoms with Gasteiger partial charge in [-0.2, -0.15) is 0 Å². The third-order valence-electron chi connectivity index (χ3n) is 2.74. The molecule has 1 aromatic rings. The highest BCUT2D eigenvalue weighted by Gasteiger charge is 2.28. The van der Waals surface area contributed by atoms with Crippen molar-refractivity contribution < 1.29 is 14.7 Å². The molecule has 0 aliphatic carbocycles. The number of amides is 1. The van der Waals surface area contributed by atoms with Crippen LogP contribution < -0.4 is 0 Å². The van der Waals surface area contributed by atoms with Crippen molar-refractivity contribution in [2.75, 3.05) is 6.54 Å². The Hall–Kier alpha value is -1.85. The minimum absolute atomic E-state index is 0.0544. The van der Waals surface area contributed by atoms with E-state index in [0.29, 0.717) is 18.9 Å². The van der Waals surface area contributed by atoms with Gasteiger partial charge in [-0.3, -0.25) is 4.79 Å². The number of hydrogen-bond donors (Lipinski definition) is 1. The molecule has 1 amide bonds. The molecule has 0 spiro atoms. The molecule has 1 aromatic heterocycles. The lowest BCUT2D eigenvalue weighted by atomic mass is 10.2. The Balaban J connectivity index is 2.39. The molecule has 6 heteroatoms. The van der Waals surface area contributed by atoms with Crippen molar-refractivity contribution in [1.29, 1.82) is 0 Å². The van der Waals surface area contributed by atoms with Crippen molar-refractivity contribution in [2.24, 2.45) is 0 Å². The van der Waals surface area contributed by atoms with Crippen molar-refractivity contribution in [3.05, 3.63) is 17.7 Å². The van der Waals surface area contributed by atoms with Crippen LogP contribution in [0.5, 0.6) is 0 Å². The highest BCUT2D eigenvalue weighted by Crippen LogP contribution is 2.23. The van der Waals surface area contributed by atoms with Gasteiger partial charge in [0.15, 0.2) is 11.6 Å². The summed E-state index contributed by atoms with van der Waals surface area (Å²) in [5.41, 5.74) is 0.770. The molecule has 2 heterocycles. The van der Waals surface area contributed by atoms with Crippen LogP contribution in [0.15, 0.2) is 6.20 Å². The van der Waals surface area contributed by atoms with Crippen LogP contribution in [0.3, 0.4) is 0 Å². The van der Waals surface area contributed by atoms with Gasteiger partial charge < -0.3 is 14.6 Å². The predicted molar refractivity (Wildman–Crippen MR) is 55.4 cm³/mol. The predicted octanol–water partition coefficient (Wildman–Crippen LogP) is 1.14. The fourth-order valence-electron chi connectivity index (χ4n) is 2.07. The van der Waals surface area contributed by atoms with E-state index in [1.807, 2.05) is 11.5 Å². The number of aromatic nitrogens is 2. The molecule has 1 aliphatic rings. The molecule has 1 atom stereocenters. The van der Waals surface area contributed by atoms with E-state index in [9.17, 15) is 9.59 Å². The summed E-state index contributed by atoms with van der Waals surface area (Å²) >= 11 is 0. The van der Waals surface area contributed by atoms with Crippen LogP contribution in [0.1, 0.15) is 36.2 Å². The molecular weight excluding hydrogens is 210 g/mol. The van der Waals surface area contributed by atoms with Gasteiger partial charge in [-0.15, -0.1) is 0 Å².